The van der Waals surface area contributed by atoms with Gasteiger partial charge in [0.15, 0.2) is 0 Å². The average molecular weight is 478 g/mol. The number of hydrogen-bond donors (Lipinski definition) is 1. The molecule has 0 spiro atoms. The second-order valence-corrected chi connectivity index (χ2v) is 10.0. The highest BCUT2D eigenvalue weighted by atomic mass is 35.5. The molecule has 4 rings (SSSR count). The van der Waals surface area contributed by atoms with Crippen molar-refractivity contribution in [1.29, 1.82) is 0 Å². The molecule has 1 aliphatic heterocycles. The predicted molar refractivity (Wildman–Crippen MR) is 119 cm³/mol. The van der Waals surface area contributed by atoms with Gasteiger partial charge in [0, 0.05) is 31.7 Å². The number of sulfonamides is 1. The van der Waals surface area contributed by atoms with Crippen LogP contribution in [-0.4, -0.2) is 65.1 Å². The Morgan fingerprint density at radius 3 is 2.56 bits per heavy atom. The highest BCUT2D eigenvalue weighted by Gasteiger charge is 2.33. The van der Waals surface area contributed by atoms with Crippen LogP contribution in [0.4, 0.5) is 0 Å². The molecule has 3 heterocycles. The Balaban J connectivity index is 1.58. The van der Waals surface area contributed by atoms with Crippen molar-refractivity contribution >= 4 is 27.5 Å². The van der Waals surface area contributed by atoms with E-state index in [4.69, 9.17) is 16.1 Å². The first-order valence-corrected chi connectivity index (χ1v) is 12.1. The second-order valence-electron chi connectivity index (χ2n) is 7.76. The first-order valence-electron chi connectivity index (χ1n) is 10.2. The summed E-state index contributed by atoms with van der Waals surface area (Å²) in [6.07, 6.45) is 0.507. The van der Waals surface area contributed by atoms with E-state index in [0.29, 0.717) is 58.5 Å². The van der Waals surface area contributed by atoms with Crippen molar-refractivity contribution in [3.8, 4) is 11.3 Å². The largest absolute Gasteiger partial charge is 0.360 e. The normalized spacial score (nSPS) is 15.7. The molecule has 0 radical (unpaired) electrons. The van der Waals surface area contributed by atoms with E-state index in [9.17, 15) is 13.2 Å². The minimum atomic E-state index is -3.72. The first kappa shape index (κ1) is 22.5. The molecule has 11 heteroatoms. The van der Waals surface area contributed by atoms with Crippen molar-refractivity contribution in [3.63, 3.8) is 0 Å². The van der Waals surface area contributed by atoms with Gasteiger partial charge in [-0.15, -0.1) is 0 Å². The number of benzene rings is 1. The number of hydrogen-bond acceptors (Lipinski definition) is 6. The Hall–Kier alpha value is -2.69. The van der Waals surface area contributed by atoms with E-state index in [1.54, 1.807) is 43.9 Å². The third kappa shape index (κ3) is 3.94. The number of halogens is 1. The van der Waals surface area contributed by atoms with E-state index >= 15 is 0 Å². The second kappa shape index (κ2) is 8.68. The Morgan fingerprint density at radius 2 is 1.88 bits per heavy atom. The highest BCUT2D eigenvalue weighted by Crippen LogP contribution is 2.32. The van der Waals surface area contributed by atoms with E-state index in [2.05, 4.69) is 15.4 Å². The number of aryl methyl sites for hydroxylation is 3. The number of amides is 1. The van der Waals surface area contributed by atoms with Gasteiger partial charge >= 0.3 is 0 Å². The van der Waals surface area contributed by atoms with Crippen LogP contribution in [0.3, 0.4) is 0 Å². The van der Waals surface area contributed by atoms with Gasteiger partial charge < -0.3 is 9.42 Å². The summed E-state index contributed by atoms with van der Waals surface area (Å²) in [6, 6.07) is 7.12. The van der Waals surface area contributed by atoms with Gasteiger partial charge in [0.1, 0.15) is 21.9 Å². The third-order valence-corrected chi connectivity index (χ3v) is 8.10. The van der Waals surface area contributed by atoms with Crippen LogP contribution in [0.2, 0.25) is 5.02 Å². The number of H-pyrrole nitrogens is 1. The van der Waals surface area contributed by atoms with Gasteiger partial charge in [-0.1, -0.05) is 35.0 Å². The number of carbonyl (C=O) groups is 1. The van der Waals surface area contributed by atoms with E-state index < -0.39 is 10.0 Å². The van der Waals surface area contributed by atoms with Crippen LogP contribution >= 0.6 is 11.6 Å². The molecular formula is C21H24ClN5O4S. The summed E-state index contributed by atoms with van der Waals surface area (Å²) in [5.74, 6) is 0.136. The van der Waals surface area contributed by atoms with E-state index in [1.165, 1.54) is 4.31 Å². The van der Waals surface area contributed by atoms with Gasteiger partial charge in [0.05, 0.1) is 16.4 Å². The van der Waals surface area contributed by atoms with Crippen molar-refractivity contribution in [1.82, 2.24) is 24.6 Å². The molecule has 3 aromatic rings. The van der Waals surface area contributed by atoms with Gasteiger partial charge in [0.2, 0.25) is 10.0 Å². The van der Waals surface area contributed by atoms with Crippen molar-refractivity contribution < 1.29 is 17.7 Å². The molecule has 9 nitrogen and oxygen atoms in total. The molecule has 0 aliphatic carbocycles. The molecular weight excluding hydrogens is 454 g/mol. The lowest BCUT2D eigenvalue weighted by molar-refractivity contribution is 0.0763. The summed E-state index contributed by atoms with van der Waals surface area (Å²) in [5, 5.41) is 11.3. The smallest absolute Gasteiger partial charge is 0.259 e. The van der Waals surface area contributed by atoms with Crippen molar-refractivity contribution in [2.75, 3.05) is 26.2 Å². The Bertz CT molecular complexity index is 1250. The zero-order valence-electron chi connectivity index (χ0n) is 18.1. The lowest BCUT2D eigenvalue weighted by Gasteiger charge is -2.22. The van der Waals surface area contributed by atoms with Gasteiger partial charge in [-0.05, 0) is 33.3 Å². The molecule has 170 valence electrons. The van der Waals surface area contributed by atoms with Gasteiger partial charge in [-0.2, -0.15) is 9.40 Å². The molecule has 1 saturated heterocycles. The summed E-state index contributed by atoms with van der Waals surface area (Å²) in [5.41, 5.74) is 2.28. The van der Waals surface area contributed by atoms with E-state index in [-0.39, 0.29) is 23.9 Å². The fourth-order valence-corrected chi connectivity index (χ4v) is 6.03. The number of nitrogens with one attached hydrogen (secondary N) is 1. The molecule has 1 aromatic carbocycles. The first-order chi connectivity index (χ1) is 15.2. The van der Waals surface area contributed by atoms with Crippen LogP contribution in [0, 0.1) is 20.8 Å². The Labute approximate surface area is 191 Å². The highest BCUT2D eigenvalue weighted by molar-refractivity contribution is 7.89. The van der Waals surface area contributed by atoms with Crippen molar-refractivity contribution in [3.05, 3.63) is 52.0 Å². The van der Waals surface area contributed by atoms with E-state index in [1.807, 2.05) is 6.07 Å². The minimum Gasteiger partial charge on any atom is -0.360 e. The molecule has 1 aliphatic rings. The van der Waals surface area contributed by atoms with Crippen LogP contribution < -0.4 is 0 Å². The fourth-order valence-electron chi connectivity index (χ4n) is 4.01. The number of rotatable bonds is 4. The zero-order chi connectivity index (χ0) is 23.0. The quantitative estimate of drug-likeness (QED) is 0.617. The summed E-state index contributed by atoms with van der Waals surface area (Å²) in [6.45, 7) is 6.20. The average Bonchev–Trinajstić information content (AvgIpc) is 3.18. The summed E-state index contributed by atoms with van der Waals surface area (Å²) < 4.78 is 33.1. The van der Waals surface area contributed by atoms with Crippen molar-refractivity contribution in [2.24, 2.45) is 0 Å². The maximum atomic E-state index is 13.4. The molecule has 32 heavy (non-hydrogen) atoms. The Morgan fingerprint density at radius 1 is 1.12 bits per heavy atom. The SMILES string of the molecule is Cc1n[nH]c(C)c1S(=O)(=O)N1CCCN(C(=O)c2c(-c3ccccc3Cl)noc2C)CC1. The predicted octanol–water partition coefficient (Wildman–Crippen LogP) is 3.18. The maximum absolute atomic E-state index is 13.4. The van der Waals surface area contributed by atoms with Crippen LogP contribution in [0.25, 0.3) is 11.3 Å². The number of aromatic amines is 1. The lowest BCUT2D eigenvalue weighted by atomic mass is 10.0. The molecule has 0 saturated carbocycles. The molecule has 2 aromatic heterocycles. The van der Waals surface area contributed by atoms with E-state index in [0.717, 1.165) is 0 Å². The van der Waals surface area contributed by atoms with Crippen molar-refractivity contribution in [2.45, 2.75) is 32.1 Å². The molecule has 0 unspecified atom stereocenters. The summed E-state index contributed by atoms with van der Waals surface area (Å²) in [4.78, 5) is 15.3. The maximum Gasteiger partial charge on any atom is 0.259 e. The van der Waals surface area contributed by atoms with Crippen LogP contribution in [0.15, 0.2) is 33.7 Å². The molecule has 0 atom stereocenters. The van der Waals surface area contributed by atoms with Crippen LogP contribution in [0.5, 0.6) is 0 Å². The molecule has 1 N–H and O–H groups in total. The lowest BCUT2D eigenvalue weighted by Crippen LogP contribution is -2.37. The Kier molecular flexibility index (Phi) is 6.11. The molecule has 0 bridgehead atoms. The summed E-state index contributed by atoms with van der Waals surface area (Å²) >= 11 is 6.31. The molecule has 1 amide bonds. The minimum absolute atomic E-state index is 0.184. The number of aromatic nitrogens is 3. The zero-order valence-corrected chi connectivity index (χ0v) is 19.6. The standard InChI is InChI=1S/C21H24ClN5O4S/c1-13-20(14(2)24-23-13)32(29,30)27-10-6-9-26(11-12-27)21(28)18-15(3)31-25-19(18)16-7-4-5-8-17(16)22/h4-5,7-8H,6,9-12H2,1-3H3,(H,23,24). The van der Waals surface area contributed by atoms with Crippen LogP contribution in [-0.2, 0) is 10.0 Å². The van der Waals surface area contributed by atoms with Crippen LogP contribution in [0.1, 0.15) is 33.9 Å². The number of carbonyl (C=O) groups excluding carboxylic acids is 1. The monoisotopic (exact) mass is 477 g/mol. The summed E-state index contributed by atoms with van der Waals surface area (Å²) in [7, 11) is -3.72. The topological polar surface area (TPSA) is 112 Å². The van der Waals surface area contributed by atoms with Gasteiger partial charge in [0.25, 0.3) is 5.91 Å². The third-order valence-electron chi connectivity index (χ3n) is 5.61. The molecule has 1 fully saturated rings. The number of nitrogens with zero attached hydrogens (tertiary/aromatic N) is 4. The van der Waals surface area contributed by atoms with Gasteiger partial charge in [-0.3, -0.25) is 9.89 Å². The fraction of sp³-hybridized carbons (Fsp3) is 0.381. The van der Waals surface area contributed by atoms with Gasteiger partial charge in [-0.25, -0.2) is 8.42 Å².